The third kappa shape index (κ3) is 5.47. The van der Waals surface area contributed by atoms with Gasteiger partial charge in [-0.25, -0.2) is 0 Å². The van der Waals surface area contributed by atoms with Gasteiger partial charge in [-0.3, -0.25) is 14.5 Å². The van der Waals surface area contributed by atoms with Crippen LogP contribution in [-0.2, 0) is 14.3 Å². The standard InChI is InChI=1S/C10H18N2O4/c1-8(16-3)6-10(15)12(7-13)5-4-9(14)11-2/h4-5,7-8,10,15H,6H2,1-3H3,(H,11,14)/b5-4-. The van der Waals surface area contributed by atoms with Crippen LogP contribution in [0.3, 0.4) is 0 Å². The lowest BCUT2D eigenvalue weighted by molar-refractivity contribution is -0.124. The smallest absolute Gasteiger partial charge is 0.245 e. The van der Waals surface area contributed by atoms with Crippen molar-refractivity contribution in [2.75, 3.05) is 14.2 Å². The number of rotatable bonds is 7. The van der Waals surface area contributed by atoms with Gasteiger partial charge >= 0.3 is 0 Å². The zero-order chi connectivity index (χ0) is 12.6. The van der Waals surface area contributed by atoms with E-state index in [9.17, 15) is 14.7 Å². The summed E-state index contributed by atoms with van der Waals surface area (Å²) in [6.45, 7) is 1.77. The largest absolute Gasteiger partial charge is 0.382 e. The third-order valence-electron chi connectivity index (χ3n) is 2.06. The molecular weight excluding hydrogens is 212 g/mol. The number of amides is 2. The molecule has 0 spiro atoms. The molecule has 0 fully saturated rings. The van der Waals surface area contributed by atoms with Gasteiger partial charge in [0.25, 0.3) is 0 Å². The number of aliphatic hydroxyl groups excluding tert-OH is 1. The monoisotopic (exact) mass is 230 g/mol. The minimum Gasteiger partial charge on any atom is -0.382 e. The highest BCUT2D eigenvalue weighted by molar-refractivity contribution is 5.87. The first-order valence-electron chi connectivity index (χ1n) is 4.88. The molecule has 2 unspecified atom stereocenters. The molecule has 6 heteroatoms. The minimum absolute atomic E-state index is 0.175. The maximum atomic E-state index is 10.9. The number of ether oxygens (including phenoxy) is 1. The van der Waals surface area contributed by atoms with Gasteiger partial charge in [-0.1, -0.05) is 0 Å². The SMILES string of the molecule is CNC(=O)/C=C\N(C=O)C(O)CC(C)OC. The second kappa shape index (κ2) is 7.84. The zero-order valence-corrected chi connectivity index (χ0v) is 9.71. The van der Waals surface area contributed by atoms with Crippen LogP contribution >= 0.6 is 0 Å². The molecule has 6 nitrogen and oxygen atoms in total. The van der Waals surface area contributed by atoms with Crippen molar-refractivity contribution in [3.05, 3.63) is 12.3 Å². The Kier molecular flexibility index (Phi) is 7.15. The van der Waals surface area contributed by atoms with Gasteiger partial charge in [-0.05, 0) is 6.92 Å². The first-order valence-corrected chi connectivity index (χ1v) is 4.88. The van der Waals surface area contributed by atoms with Crippen molar-refractivity contribution in [2.45, 2.75) is 25.7 Å². The molecule has 0 aliphatic heterocycles. The lowest BCUT2D eigenvalue weighted by atomic mass is 10.2. The number of hydrogen-bond acceptors (Lipinski definition) is 4. The fourth-order valence-electron chi connectivity index (χ4n) is 0.957. The Hall–Kier alpha value is -1.40. The molecule has 16 heavy (non-hydrogen) atoms. The number of aliphatic hydroxyl groups is 1. The van der Waals surface area contributed by atoms with Gasteiger partial charge < -0.3 is 15.2 Å². The van der Waals surface area contributed by atoms with Crippen LogP contribution < -0.4 is 5.32 Å². The predicted molar refractivity (Wildman–Crippen MR) is 58.2 cm³/mol. The topological polar surface area (TPSA) is 78.9 Å². The molecule has 0 bridgehead atoms. The van der Waals surface area contributed by atoms with Gasteiger partial charge in [0.2, 0.25) is 12.3 Å². The van der Waals surface area contributed by atoms with Crippen LogP contribution in [0.2, 0.25) is 0 Å². The van der Waals surface area contributed by atoms with E-state index in [-0.39, 0.29) is 18.4 Å². The molecule has 0 aromatic carbocycles. The van der Waals surface area contributed by atoms with Crippen LogP contribution in [0.4, 0.5) is 0 Å². The average Bonchev–Trinajstić information content (AvgIpc) is 2.29. The van der Waals surface area contributed by atoms with E-state index in [1.807, 2.05) is 0 Å². The zero-order valence-electron chi connectivity index (χ0n) is 9.71. The van der Waals surface area contributed by atoms with Crippen molar-refractivity contribution < 1.29 is 19.4 Å². The molecule has 0 saturated carbocycles. The summed E-state index contributed by atoms with van der Waals surface area (Å²) in [5.41, 5.74) is 0. The van der Waals surface area contributed by atoms with Gasteiger partial charge in [0.15, 0.2) is 0 Å². The highest BCUT2D eigenvalue weighted by atomic mass is 16.5. The van der Waals surface area contributed by atoms with Crippen molar-refractivity contribution in [3.63, 3.8) is 0 Å². The van der Waals surface area contributed by atoms with E-state index in [0.29, 0.717) is 6.41 Å². The Balaban J connectivity index is 4.31. The molecular formula is C10H18N2O4. The Bertz CT molecular complexity index is 255. The van der Waals surface area contributed by atoms with Gasteiger partial charge in [0.05, 0.1) is 6.10 Å². The molecule has 0 aliphatic rings. The molecule has 2 amide bonds. The minimum atomic E-state index is -1.01. The molecule has 0 heterocycles. The van der Waals surface area contributed by atoms with Crippen molar-refractivity contribution in [3.8, 4) is 0 Å². The highest BCUT2D eigenvalue weighted by Crippen LogP contribution is 2.05. The van der Waals surface area contributed by atoms with Crippen LogP contribution in [0.15, 0.2) is 12.3 Å². The number of carbonyl (C=O) groups excluding carboxylic acids is 2. The van der Waals surface area contributed by atoms with Gasteiger partial charge in [0, 0.05) is 32.9 Å². The van der Waals surface area contributed by atoms with Crippen LogP contribution in [0.5, 0.6) is 0 Å². The maximum Gasteiger partial charge on any atom is 0.245 e. The summed E-state index contributed by atoms with van der Waals surface area (Å²) >= 11 is 0. The van der Waals surface area contributed by atoms with E-state index in [2.05, 4.69) is 5.32 Å². The molecule has 0 radical (unpaired) electrons. The van der Waals surface area contributed by atoms with Gasteiger partial charge in [-0.15, -0.1) is 0 Å². The first-order chi connectivity index (χ1) is 7.54. The summed E-state index contributed by atoms with van der Waals surface area (Å²) in [7, 11) is 2.99. The molecule has 92 valence electrons. The highest BCUT2D eigenvalue weighted by Gasteiger charge is 2.14. The summed E-state index contributed by atoms with van der Waals surface area (Å²) < 4.78 is 4.96. The van der Waals surface area contributed by atoms with Crippen LogP contribution in [0, 0.1) is 0 Å². The molecule has 2 N–H and O–H groups in total. The second-order valence-electron chi connectivity index (χ2n) is 3.25. The molecule has 2 atom stereocenters. The van der Waals surface area contributed by atoms with E-state index < -0.39 is 6.23 Å². The number of hydrogen-bond donors (Lipinski definition) is 2. The Labute approximate surface area is 94.9 Å². The van der Waals surface area contributed by atoms with Crippen molar-refractivity contribution in [1.29, 1.82) is 0 Å². The average molecular weight is 230 g/mol. The molecule has 0 aliphatic carbocycles. The predicted octanol–water partition coefficient (Wildman–Crippen LogP) is -0.552. The summed E-state index contributed by atoms with van der Waals surface area (Å²) in [4.78, 5) is 22.6. The van der Waals surface area contributed by atoms with E-state index in [1.165, 1.54) is 20.4 Å². The fraction of sp³-hybridized carbons (Fsp3) is 0.600. The first kappa shape index (κ1) is 14.6. The summed E-state index contributed by atoms with van der Waals surface area (Å²) in [6, 6.07) is 0. The van der Waals surface area contributed by atoms with Crippen LogP contribution in [0.1, 0.15) is 13.3 Å². The van der Waals surface area contributed by atoms with Gasteiger partial charge in [-0.2, -0.15) is 0 Å². The normalized spacial score (nSPS) is 14.5. The Morgan fingerprint density at radius 1 is 1.62 bits per heavy atom. The number of carbonyl (C=O) groups is 2. The molecule has 0 saturated heterocycles. The number of nitrogens with zero attached hydrogens (tertiary/aromatic N) is 1. The summed E-state index contributed by atoms with van der Waals surface area (Å²) in [5, 5.41) is 12.0. The van der Waals surface area contributed by atoms with Crippen molar-refractivity contribution in [1.82, 2.24) is 10.2 Å². The number of methoxy groups -OCH3 is 1. The second-order valence-corrected chi connectivity index (χ2v) is 3.25. The molecule has 0 rings (SSSR count). The Morgan fingerprint density at radius 3 is 2.69 bits per heavy atom. The molecule has 0 aromatic rings. The Morgan fingerprint density at radius 2 is 2.25 bits per heavy atom. The lowest BCUT2D eigenvalue weighted by Gasteiger charge is -2.22. The van der Waals surface area contributed by atoms with E-state index in [4.69, 9.17) is 4.74 Å². The quantitative estimate of drug-likeness (QED) is 0.349. The molecule has 0 aromatic heterocycles. The van der Waals surface area contributed by atoms with Crippen molar-refractivity contribution >= 4 is 12.3 Å². The van der Waals surface area contributed by atoms with E-state index >= 15 is 0 Å². The number of likely N-dealkylation sites (N-methyl/N-ethyl adjacent to an activating group) is 1. The van der Waals surface area contributed by atoms with E-state index in [1.54, 1.807) is 6.92 Å². The van der Waals surface area contributed by atoms with E-state index in [0.717, 1.165) is 11.0 Å². The maximum absolute atomic E-state index is 10.9. The summed E-state index contributed by atoms with van der Waals surface area (Å²) in [5.74, 6) is -0.348. The van der Waals surface area contributed by atoms with Crippen LogP contribution in [0.25, 0.3) is 0 Å². The fourth-order valence-corrected chi connectivity index (χ4v) is 0.957. The van der Waals surface area contributed by atoms with Crippen LogP contribution in [-0.4, -0.2) is 48.8 Å². The summed E-state index contributed by atoms with van der Waals surface area (Å²) in [6.07, 6.45) is 1.92. The van der Waals surface area contributed by atoms with Gasteiger partial charge in [0.1, 0.15) is 6.23 Å². The number of nitrogens with one attached hydrogen (secondary N) is 1. The third-order valence-corrected chi connectivity index (χ3v) is 2.06. The van der Waals surface area contributed by atoms with Crippen molar-refractivity contribution in [2.24, 2.45) is 0 Å². The lowest BCUT2D eigenvalue weighted by Crippen LogP contribution is -2.33.